The number of carbonyl (C=O) groups excluding carboxylic acids is 4. The average molecular weight is 491 g/mol. The van der Waals surface area contributed by atoms with E-state index in [2.05, 4.69) is 10.6 Å². The van der Waals surface area contributed by atoms with Gasteiger partial charge in [-0.15, -0.1) is 0 Å². The maximum Gasteiger partial charge on any atom is 0.281 e. The van der Waals surface area contributed by atoms with Crippen LogP contribution in [0.3, 0.4) is 0 Å². The van der Waals surface area contributed by atoms with Gasteiger partial charge < -0.3 is 10.6 Å². The van der Waals surface area contributed by atoms with Gasteiger partial charge >= 0.3 is 0 Å². The Kier molecular flexibility index (Phi) is 5.86. The molecule has 9 nitrogen and oxygen atoms in total. The van der Waals surface area contributed by atoms with E-state index in [0.29, 0.717) is 11.1 Å². The highest BCUT2D eigenvalue weighted by molar-refractivity contribution is 6.34. The van der Waals surface area contributed by atoms with Crippen molar-refractivity contribution in [2.45, 2.75) is 0 Å². The summed E-state index contributed by atoms with van der Waals surface area (Å²) in [6.07, 6.45) is 0. The van der Waals surface area contributed by atoms with Crippen LogP contribution >= 0.6 is 0 Å². The summed E-state index contributed by atoms with van der Waals surface area (Å²) in [5, 5.41) is 17.0. The minimum Gasteiger partial charge on any atom is -0.321 e. The molecule has 0 heterocycles. The zero-order valence-corrected chi connectivity index (χ0v) is 19.1. The van der Waals surface area contributed by atoms with Crippen molar-refractivity contribution >= 4 is 40.4 Å². The van der Waals surface area contributed by atoms with Crippen molar-refractivity contribution in [3.8, 4) is 0 Å². The molecule has 4 aromatic rings. The smallest absolute Gasteiger partial charge is 0.281 e. The first kappa shape index (κ1) is 23.3. The summed E-state index contributed by atoms with van der Waals surface area (Å²) >= 11 is 0. The van der Waals surface area contributed by atoms with Gasteiger partial charge in [-0.05, 0) is 42.5 Å². The summed E-state index contributed by atoms with van der Waals surface area (Å²) in [5.74, 6) is -2.56. The number of anilines is 2. The number of hydrogen-bond acceptors (Lipinski definition) is 6. The van der Waals surface area contributed by atoms with E-state index in [0.717, 1.165) is 6.07 Å². The molecule has 0 aliphatic heterocycles. The van der Waals surface area contributed by atoms with E-state index in [-0.39, 0.29) is 33.6 Å². The third kappa shape index (κ3) is 4.14. The first-order valence-corrected chi connectivity index (χ1v) is 11.1. The lowest BCUT2D eigenvalue weighted by Gasteiger charge is -2.23. The summed E-state index contributed by atoms with van der Waals surface area (Å²) in [6, 6.07) is 23.1. The van der Waals surface area contributed by atoms with Crippen LogP contribution in [0.1, 0.15) is 52.6 Å². The number of hydrogen-bond donors (Lipinski definition) is 2. The first-order chi connectivity index (χ1) is 17.9. The largest absolute Gasteiger partial charge is 0.321 e. The Hall–Kier alpha value is -5.44. The van der Waals surface area contributed by atoms with Crippen molar-refractivity contribution in [3.05, 3.63) is 134 Å². The SMILES string of the molecule is O=C(Nc1ccc(NC(=O)c2ccccc2)c2c1C(=O)c1cccc([N+](=O)[O-])c1C2=O)c1ccccc1. The van der Waals surface area contributed by atoms with Crippen LogP contribution in [0.4, 0.5) is 17.1 Å². The van der Waals surface area contributed by atoms with Crippen LogP contribution < -0.4 is 10.6 Å². The number of rotatable bonds is 5. The van der Waals surface area contributed by atoms with E-state index < -0.39 is 34.0 Å². The van der Waals surface area contributed by atoms with Crippen LogP contribution in [0.15, 0.2) is 91.0 Å². The van der Waals surface area contributed by atoms with E-state index in [9.17, 15) is 29.3 Å². The Morgan fingerprint density at radius 3 is 1.57 bits per heavy atom. The molecular formula is C28H17N3O6. The number of nitro benzene ring substituents is 1. The van der Waals surface area contributed by atoms with Crippen molar-refractivity contribution in [1.82, 2.24) is 0 Å². The monoisotopic (exact) mass is 491 g/mol. The second-order valence-electron chi connectivity index (χ2n) is 8.17. The topological polar surface area (TPSA) is 135 Å². The number of nitro groups is 1. The van der Waals surface area contributed by atoms with Crippen LogP contribution in [0, 0.1) is 10.1 Å². The van der Waals surface area contributed by atoms with Gasteiger partial charge in [0.1, 0.15) is 5.56 Å². The fourth-order valence-corrected chi connectivity index (χ4v) is 4.23. The van der Waals surface area contributed by atoms with Crippen LogP contribution in [0.25, 0.3) is 0 Å². The quantitative estimate of drug-likeness (QED) is 0.266. The third-order valence-electron chi connectivity index (χ3n) is 5.94. The molecule has 1 aliphatic carbocycles. The van der Waals surface area contributed by atoms with Gasteiger partial charge in [-0.3, -0.25) is 29.3 Å². The lowest BCUT2D eigenvalue weighted by Crippen LogP contribution is -2.27. The number of carbonyl (C=O) groups is 4. The lowest BCUT2D eigenvalue weighted by atomic mass is 9.81. The average Bonchev–Trinajstić information content (AvgIpc) is 2.92. The van der Waals surface area contributed by atoms with Crippen LogP contribution in [0.5, 0.6) is 0 Å². The second kappa shape index (κ2) is 9.31. The molecular weight excluding hydrogens is 474 g/mol. The van der Waals surface area contributed by atoms with Crippen molar-refractivity contribution < 1.29 is 24.1 Å². The normalized spacial score (nSPS) is 11.8. The first-order valence-electron chi connectivity index (χ1n) is 11.1. The molecule has 0 unspecified atom stereocenters. The van der Waals surface area contributed by atoms with E-state index in [1.165, 1.54) is 24.3 Å². The number of fused-ring (bicyclic) bond motifs is 2. The number of nitrogens with one attached hydrogen (secondary N) is 2. The Labute approximate surface area is 209 Å². The Bertz CT molecular complexity index is 1610. The molecule has 0 atom stereocenters. The Morgan fingerprint density at radius 1 is 0.595 bits per heavy atom. The second-order valence-corrected chi connectivity index (χ2v) is 8.17. The van der Waals surface area contributed by atoms with E-state index >= 15 is 0 Å². The molecule has 37 heavy (non-hydrogen) atoms. The predicted octanol–water partition coefficient (Wildman–Crippen LogP) is 4.87. The summed E-state index contributed by atoms with van der Waals surface area (Å²) in [5.41, 5.74) is -0.793. The van der Waals surface area contributed by atoms with Gasteiger partial charge in [-0.25, -0.2) is 0 Å². The number of amides is 2. The lowest BCUT2D eigenvalue weighted by molar-refractivity contribution is -0.385. The molecule has 0 bridgehead atoms. The van der Waals surface area contributed by atoms with Crippen molar-refractivity contribution in [2.24, 2.45) is 0 Å². The fourth-order valence-electron chi connectivity index (χ4n) is 4.23. The van der Waals surface area contributed by atoms with E-state index in [1.807, 2.05) is 0 Å². The molecule has 0 spiro atoms. The zero-order chi connectivity index (χ0) is 26.1. The van der Waals surface area contributed by atoms with Gasteiger partial charge in [0, 0.05) is 22.8 Å². The molecule has 180 valence electrons. The Balaban J connectivity index is 1.66. The predicted molar refractivity (Wildman–Crippen MR) is 135 cm³/mol. The molecule has 0 fully saturated rings. The molecule has 2 amide bonds. The number of ketones is 2. The van der Waals surface area contributed by atoms with E-state index in [1.54, 1.807) is 60.7 Å². The van der Waals surface area contributed by atoms with E-state index in [4.69, 9.17) is 0 Å². The van der Waals surface area contributed by atoms with Gasteiger partial charge in [0.15, 0.2) is 5.78 Å². The number of benzene rings is 4. The van der Waals surface area contributed by atoms with Crippen LogP contribution in [-0.2, 0) is 0 Å². The highest BCUT2D eigenvalue weighted by atomic mass is 16.6. The summed E-state index contributed by atoms with van der Waals surface area (Å²) < 4.78 is 0. The van der Waals surface area contributed by atoms with Gasteiger partial charge in [0.2, 0.25) is 5.78 Å². The highest BCUT2D eigenvalue weighted by Crippen LogP contribution is 2.39. The molecule has 0 aromatic heterocycles. The summed E-state index contributed by atoms with van der Waals surface area (Å²) in [7, 11) is 0. The zero-order valence-electron chi connectivity index (χ0n) is 19.1. The number of nitrogens with zero attached hydrogens (tertiary/aromatic N) is 1. The molecule has 5 rings (SSSR count). The van der Waals surface area contributed by atoms with Crippen LogP contribution in [-0.4, -0.2) is 28.3 Å². The fraction of sp³-hybridized carbons (Fsp3) is 0. The molecule has 2 N–H and O–H groups in total. The maximum atomic E-state index is 13.7. The standard InChI is InChI=1S/C28H17N3O6/c32-25-18-12-7-13-21(31(36)37)22(18)26(33)24-20(30-28(35)17-10-5-2-6-11-17)15-14-19(23(24)25)29-27(34)16-8-3-1-4-9-16/h1-15H,(H,29,34)(H,30,35). The molecule has 0 saturated heterocycles. The molecule has 9 heteroatoms. The van der Waals surface area contributed by atoms with Crippen molar-refractivity contribution in [3.63, 3.8) is 0 Å². The summed E-state index contributed by atoms with van der Waals surface area (Å²) in [4.78, 5) is 64.0. The van der Waals surface area contributed by atoms with Crippen molar-refractivity contribution in [1.29, 1.82) is 0 Å². The van der Waals surface area contributed by atoms with Crippen molar-refractivity contribution in [2.75, 3.05) is 10.6 Å². The minimum absolute atomic E-state index is 0.0104. The van der Waals surface area contributed by atoms with Gasteiger partial charge in [0.25, 0.3) is 17.5 Å². The minimum atomic E-state index is -0.809. The maximum absolute atomic E-state index is 13.7. The molecule has 0 radical (unpaired) electrons. The third-order valence-corrected chi connectivity index (χ3v) is 5.94. The molecule has 0 saturated carbocycles. The van der Waals surface area contributed by atoms with Crippen LogP contribution in [0.2, 0.25) is 0 Å². The van der Waals surface area contributed by atoms with Gasteiger partial charge in [0.05, 0.1) is 27.4 Å². The highest BCUT2D eigenvalue weighted by Gasteiger charge is 2.39. The molecule has 1 aliphatic rings. The van der Waals surface area contributed by atoms with Gasteiger partial charge in [-0.1, -0.05) is 42.5 Å². The molecule has 4 aromatic carbocycles. The summed E-state index contributed by atoms with van der Waals surface area (Å²) in [6.45, 7) is 0. The van der Waals surface area contributed by atoms with Gasteiger partial charge in [-0.2, -0.15) is 0 Å². The Morgan fingerprint density at radius 2 is 1.08 bits per heavy atom.